The fraction of sp³-hybridized carbons (Fsp3) is 1.00. The van der Waals surface area contributed by atoms with Gasteiger partial charge in [-0.3, -0.25) is 4.90 Å². The quantitative estimate of drug-likeness (QED) is 0.281. The van der Waals surface area contributed by atoms with Gasteiger partial charge in [0.25, 0.3) is 0 Å². The molecular formula is C48H77NO2S. The van der Waals surface area contributed by atoms with Crippen molar-refractivity contribution in [1.82, 2.24) is 4.90 Å². The van der Waals surface area contributed by atoms with Gasteiger partial charge in [-0.05, 0) is 143 Å². The summed E-state index contributed by atoms with van der Waals surface area (Å²) in [6.45, 7) is 0. The predicted molar refractivity (Wildman–Crippen MR) is 214 cm³/mol. The third-order valence-electron chi connectivity index (χ3n) is 19.4. The molecule has 3 heterocycles. The van der Waals surface area contributed by atoms with E-state index in [1.54, 1.807) is 12.8 Å². The van der Waals surface area contributed by atoms with E-state index in [4.69, 9.17) is 9.47 Å². The molecule has 0 radical (unpaired) electrons. The molecule has 11 fully saturated rings. The Morgan fingerprint density at radius 2 is 0.942 bits per heavy atom. The first-order chi connectivity index (χ1) is 25.8. The third kappa shape index (κ3) is 6.19. The van der Waals surface area contributed by atoms with Crippen LogP contribution in [-0.4, -0.2) is 57.9 Å². The van der Waals surface area contributed by atoms with E-state index in [0.29, 0.717) is 30.5 Å². The lowest BCUT2D eigenvalue weighted by Crippen LogP contribution is -2.61. The molecule has 292 valence electrons. The molecule has 8 saturated carbocycles. The van der Waals surface area contributed by atoms with Crippen LogP contribution in [0.4, 0.5) is 0 Å². The number of hydrogen-bond donors (Lipinski definition) is 0. The minimum atomic E-state index is 0.536. The summed E-state index contributed by atoms with van der Waals surface area (Å²) in [4.78, 5) is 3.41. The van der Waals surface area contributed by atoms with Crippen molar-refractivity contribution in [2.75, 3.05) is 0 Å². The highest BCUT2D eigenvalue weighted by Gasteiger charge is 2.62. The summed E-state index contributed by atoms with van der Waals surface area (Å²) in [5.41, 5.74) is 0. The summed E-state index contributed by atoms with van der Waals surface area (Å²) in [6.07, 6.45) is 45.4. The molecule has 0 aromatic carbocycles. The molecule has 11 rings (SSSR count). The fourth-order valence-electron chi connectivity index (χ4n) is 17.4. The second-order valence-corrected chi connectivity index (χ2v) is 22.9. The standard InChI is InChI=1S/C48H77NO2S/c1-3-12-30(13-4-1)31-24-26-33(27-25-31)49(40-21-10-19-36-35-18-9-17-34(45(35)51-46(36)40)32-14-5-2-6-15-32)41-22-11-20-37-38-28-29-43-44(48(38)52-47(37)41)39-16-7-8-23-42(39)50-43/h30-48H,1-29H2. The van der Waals surface area contributed by atoms with Crippen molar-refractivity contribution in [1.29, 1.82) is 0 Å². The van der Waals surface area contributed by atoms with Gasteiger partial charge in [0.15, 0.2) is 0 Å². The van der Waals surface area contributed by atoms with E-state index in [0.717, 1.165) is 81.8 Å². The van der Waals surface area contributed by atoms with Crippen molar-refractivity contribution in [3.8, 4) is 0 Å². The van der Waals surface area contributed by atoms with E-state index >= 15 is 0 Å². The van der Waals surface area contributed by atoms with E-state index in [1.165, 1.54) is 173 Å². The molecule has 15 unspecified atom stereocenters. The maximum atomic E-state index is 7.78. The minimum absolute atomic E-state index is 0.536. The van der Waals surface area contributed by atoms with Gasteiger partial charge >= 0.3 is 0 Å². The maximum Gasteiger partial charge on any atom is 0.0766 e. The Kier molecular flexibility index (Phi) is 10.3. The van der Waals surface area contributed by atoms with Crippen LogP contribution in [0, 0.1) is 59.2 Å². The number of ether oxygens (including phenoxy) is 2. The molecule has 3 aliphatic heterocycles. The Bertz CT molecular complexity index is 1210. The van der Waals surface area contributed by atoms with Crippen LogP contribution < -0.4 is 0 Å². The summed E-state index contributed by atoms with van der Waals surface area (Å²) in [5.74, 6) is 9.37. The van der Waals surface area contributed by atoms with Gasteiger partial charge in [0.2, 0.25) is 0 Å². The van der Waals surface area contributed by atoms with E-state index in [9.17, 15) is 0 Å². The molecule has 0 amide bonds. The molecule has 0 bridgehead atoms. The van der Waals surface area contributed by atoms with Gasteiger partial charge < -0.3 is 9.47 Å². The molecule has 15 atom stereocenters. The zero-order valence-corrected chi connectivity index (χ0v) is 34.0. The maximum absolute atomic E-state index is 7.78. The summed E-state index contributed by atoms with van der Waals surface area (Å²) in [7, 11) is 0. The Hall–Kier alpha value is 0.230. The molecule has 4 heteroatoms. The number of nitrogens with zero attached hydrogens (tertiary/aromatic N) is 1. The summed E-state index contributed by atoms with van der Waals surface area (Å²) in [5, 5.41) is 1.77. The van der Waals surface area contributed by atoms with Gasteiger partial charge in [-0.15, -0.1) is 0 Å². The molecule has 0 N–H and O–H groups in total. The lowest BCUT2D eigenvalue weighted by atomic mass is 9.64. The first-order valence-corrected chi connectivity index (χ1v) is 25.5. The highest BCUT2D eigenvalue weighted by molar-refractivity contribution is 8.00. The van der Waals surface area contributed by atoms with E-state index in [-0.39, 0.29) is 0 Å². The Balaban J connectivity index is 0.889. The molecule has 3 saturated heterocycles. The fourth-order valence-corrected chi connectivity index (χ4v) is 19.8. The van der Waals surface area contributed by atoms with Gasteiger partial charge in [0, 0.05) is 34.5 Å². The first kappa shape index (κ1) is 35.4. The van der Waals surface area contributed by atoms with Crippen LogP contribution in [0.15, 0.2) is 0 Å². The zero-order valence-electron chi connectivity index (χ0n) is 33.1. The summed E-state index contributed by atoms with van der Waals surface area (Å²) >= 11 is 2.60. The summed E-state index contributed by atoms with van der Waals surface area (Å²) < 4.78 is 14.7. The molecular weight excluding hydrogens is 655 g/mol. The van der Waals surface area contributed by atoms with Crippen LogP contribution in [-0.2, 0) is 9.47 Å². The van der Waals surface area contributed by atoms with Crippen molar-refractivity contribution < 1.29 is 9.47 Å². The molecule has 0 spiro atoms. The smallest absolute Gasteiger partial charge is 0.0766 e. The molecule has 11 aliphatic rings. The second kappa shape index (κ2) is 15.2. The Morgan fingerprint density at radius 1 is 0.346 bits per heavy atom. The highest BCUT2D eigenvalue weighted by Crippen LogP contribution is 2.63. The first-order valence-electron chi connectivity index (χ1n) is 24.5. The topological polar surface area (TPSA) is 21.7 Å². The van der Waals surface area contributed by atoms with E-state index in [1.807, 2.05) is 0 Å². The molecule has 52 heavy (non-hydrogen) atoms. The number of thioether (sulfide) groups is 1. The monoisotopic (exact) mass is 732 g/mol. The number of fused-ring (bicyclic) bond motifs is 10. The lowest BCUT2D eigenvalue weighted by Gasteiger charge is -2.53. The van der Waals surface area contributed by atoms with Crippen molar-refractivity contribution in [2.45, 2.75) is 239 Å². The van der Waals surface area contributed by atoms with Crippen LogP contribution in [0.1, 0.15) is 186 Å². The van der Waals surface area contributed by atoms with Crippen LogP contribution in [0.5, 0.6) is 0 Å². The molecule has 0 aromatic heterocycles. The largest absolute Gasteiger partial charge is 0.374 e. The van der Waals surface area contributed by atoms with Crippen LogP contribution in [0.2, 0.25) is 0 Å². The third-order valence-corrected chi connectivity index (χ3v) is 21.4. The predicted octanol–water partition coefficient (Wildman–Crippen LogP) is 12.0. The molecule has 8 aliphatic carbocycles. The van der Waals surface area contributed by atoms with Gasteiger partial charge in [-0.25, -0.2) is 0 Å². The van der Waals surface area contributed by atoms with Crippen molar-refractivity contribution in [3.63, 3.8) is 0 Å². The summed E-state index contributed by atoms with van der Waals surface area (Å²) in [6, 6.07) is 2.32. The Labute approximate surface area is 323 Å². The second-order valence-electron chi connectivity index (χ2n) is 21.5. The van der Waals surface area contributed by atoms with E-state index in [2.05, 4.69) is 16.7 Å². The molecule has 0 aromatic rings. The van der Waals surface area contributed by atoms with Crippen LogP contribution >= 0.6 is 11.8 Å². The van der Waals surface area contributed by atoms with E-state index < -0.39 is 0 Å². The number of hydrogen-bond acceptors (Lipinski definition) is 4. The van der Waals surface area contributed by atoms with Crippen molar-refractivity contribution in [2.24, 2.45) is 59.2 Å². The van der Waals surface area contributed by atoms with Crippen LogP contribution in [0.3, 0.4) is 0 Å². The SMILES string of the molecule is C1CCC(C2CCC(N(C3CCCC4C5CCCC(C6CCCCC6)C5OC43)C3CCCC4C5CCC6OC7CCCCC7C6C5SC43)CC2)CC1. The zero-order chi connectivity index (χ0) is 34.2. The van der Waals surface area contributed by atoms with Gasteiger partial charge in [-0.1, -0.05) is 96.3 Å². The van der Waals surface area contributed by atoms with Crippen LogP contribution in [0.25, 0.3) is 0 Å². The lowest BCUT2D eigenvalue weighted by molar-refractivity contribution is -0.101. The normalized spacial score (nSPS) is 52.7. The molecule has 3 nitrogen and oxygen atoms in total. The highest BCUT2D eigenvalue weighted by atomic mass is 32.2. The minimum Gasteiger partial charge on any atom is -0.374 e. The van der Waals surface area contributed by atoms with Gasteiger partial charge in [0.1, 0.15) is 0 Å². The average molecular weight is 732 g/mol. The van der Waals surface area contributed by atoms with Gasteiger partial charge in [-0.2, -0.15) is 11.8 Å². The Morgan fingerprint density at radius 3 is 1.75 bits per heavy atom. The average Bonchev–Trinajstić information content (AvgIpc) is 3.91. The van der Waals surface area contributed by atoms with Crippen molar-refractivity contribution in [3.05, 3.63) is 0 Å². The van der Waals surface area contributed by atoms with Crippen molar-refractivity contribution >= 4 is 11.8 Å². The number of rotatable bonds is 5. The van der Waals surface area contributed by atoms with Gasteiger partial charge in [0.05, 0.1) is 24.4 Å².